The van der Waals surface area contributed by atoms with Crippen molar-refractivity contribution < 1.29 is 4.79 Å². The molecule has 0 bridgehead atoms. The molecule has 2 aromatic rings. The monoisotopic (exact) mass is 251 g/mol. The van der Waals surface area contributed by atoms with E-state index in [1.807, 2.05) is 60.7 Å². The molecule has 2 heteroatoms. The predicted molar refractivity (Wildman–Crippen MR) is 79.0 cm³/mol. The van der Waals surface area contributed by atoms with Crippen molar-refractivity contribution in [2.75, 3.05) is 5.32 Å². The first kappa shape index (κ1) is 13.1. The van der Waals surface area contributed by atoms with Crippen LogP contribution >= 0.6 is 0 Å². The topological polar surface area (TPSA) is 29.1 Å². The third-order valence-electron chi connectivity index (χ3n) is 2.88. The van der Waals surface area contributed by atoms with E-state index in [2.05, 4.69) is 5.32 Å². The molecule has 19 heavy (non-hydrogen) atoms. The Morgan fingerprint density at radius 3 is 2.16 bits per heavy atom. The maximum absolute atomic E-state index is 11.7. The number of hydrogen-bond donors (Lipinski definition) is 1. The highest BCUT2D eigenvalue weighted by molar-refractivity contribution is 5.94. The smallest absolute Gasteiger partial charge is 0.157 e. The van der Waals surface area contributed by atoms with Crippen molar-refractivity contribution >= 4 is 11.5 Å². The van der Waals surface area contributed by atoms with Gasteiger partial charge < -0.3 is 5.32 Å². The lowest BCUT2D eigenvalue weighted by atomic mass is 10.0. The summed E-state index contributed by atoms with van der Waals surface area (Å²) < 4.78 is 0. The minimum atomic E-state index is 0.0901. The molecule has 0 fully saturated rings. The van der Waals surface area contributed by atoms with Gasteiger partial charge in [-0.2, -0.15) is 0 Å². The number of carbonyl (C=O) groups excluding carboxylic acids is 1. The van der Waals surface area contributed by atoms with Crippen LogP contribution in [-0.4, -0.2) is 5.78 Å². The number of rotatable bonds is 5. The molecule has 0 radical (unpaired) electrons. The Balaban J connectivity index is 2.10. The Hall–Kier alpha value is -2.35. The molecular formula is C17H17NO. The first-order chi connectivity index (χ1) is 9.25. The maximum Gasteiger partial charge on any atom is 0.157 e. The zero-order chi connectivity index (χ0) is 13.5. The molecule has 0 spiro atoms. The zero-order valence-electron chi connectivity index (χ0n) is 11.0. The summed E-state index contributed by atoms with van der Waals surface area (Å²) in [5.74, 6) is 0.0901. The average Bonchev–Trinajstić information content (AvgIpc) is 2.45. The number of nitrogens with one attached hydrogen (secondary N) is 1. The molecule has 0 atom stereocenters. The molecule has 0 aliphatic rings. The molecule has 0 saturated heterocycles. The second-order valence-electron chi connectivity index (χ2n) is 4.40. The lowest BCUT2D eigenvalue weighted by molar-refractivity contribution is -0.113. The van der Waals surface area contributed by atoms with Gasteiger partial charge in [-0.1, -0.05) is 48.5 Å². The summed E-state index contributed by atoms with van der Waals surface area (Å²) in [5.41, 5.74) is 2.89. The molecular weight excluding hydrogens is 234 g/mol. The van der Waals surface area contributed by atoms with Gasteiger partial charge in [-0.25, -0.2) is 0 Å². The molecule has 2 rings (SSSR count). The number of Topliss-reactive ketones (excluding diaryl/α,β-unsaturated/α-hetero) is 1. The number of para-hydroxylation sites is 1. The molecule has 0 aliphatic carbocycles. The minimum absolute atomic E-state index is 0.0901. The third-order valence-corrected chi connectivity index (χ3v) is 2.88. The Labute approximate surface area is 113 Å². The van der Waals surface area contributed by atoms with Gasteiger partial charge in [0.1, 0.15) is 0 Å². The number of allylic oxidation sites excluding steroid dienone is 1. The first-order valence-electron chi connectivity index (χ1n) is 6.31. The van der Waals surface area contributed by atoms with Gasteiger partial charge in [-0.15, -0.1) is 0 Å². The van der Waals surface area contributed by atoms with Crippen LogP contribution in [0.1, 0.15) is 12.5 Å². The second-order valence-corrected chi connectivity index (χ2v) is 4.40. The van der Waals surface area contributed by atoms with E-state index in [-0.39, 0.29) is 5.78 Å². The average molecular weight is 251 g/mol. The van der Waals surface area contributed by atoms with E-state index in [9.17, 15) is 4.79 Å². The molecule has 0 aromatic heterocycles. The maximum atomic E-state index is 11.7. The van der Waals surface area contributed by atoms with Crippen molar-refractivity contribution in [3.8, 4) is 0 Å². The highest BCUT2D eigenvalue weighted by Gasteiger charge is 2.04. The van der Waals surface area contributed by atoms with Crippen LogP contribution in [0.4, 0.5) is 5.69 Å². The fourth-order valence-electron chi connectivity index (χ4n) is 1.80. The molecule has 0 saturated carbocycles. The highest BCUT2D eigenvalue weighted by Crippen LogP contribution is 2.11. The summed E-state index contributed by atoms with van der Waals surface area (Å²) in [5, 5.41) is 3.16. The van der Waals surface area contributed by atoms with Crippen LogP contribution in [-0.2, 0) is 11.2 Å². The summed E-state index contributed by atoms with van der Waals surface area (Å²) >= 11 is 0. The molecule has 1 N–H and O–H groups in total. The summed E-state index contributed by atoms with van der Waals surface area (Å²) in [7, 11) is 0. The van der Waals surface area contributed by atoms with Gasteiger partial charge in [0.25, 0.3) is 0 Å². The normalized spacial score (nSPS) is 11.1. The quantitative estimate of drug-likeness (QED) is 0.819. The van der Waals surface area contributed by atoms with Gasteiger partial charge in [0.05, 0.1) is 0 Å². The number of ketones is 1. The van der Waals surface area contributed by atoms with Gasteiger partial charge >= 0.3 is 0 Å². The van der Waals surface area contributed by atoms with Crippen molar-refractivity contribution in [1.29, 1.82) is 0 Å². The minimum Gasteiger partial charge on any atom is -0.361 e. The van der Waals surface area contributed by atoms with Crippen molar-refractivity contribution in [2.45, 2.75) is 13.3 Å². The standard InChI is InChI=1S/C17H17NO/c1-14(19)16(12-15-8-4-2-5-9-15)13-18-17-10-6-3-7-11-17/h2-11,13,18H,12H2,1H3/b16-13+. The Morgan fingerprint density at radius 1 is 1.00 bits per heavy atom. The fourth-order valence-corrected chi connectivity index (χ4v) is 1.80. The van der Waals surface area contributed by atoms with Crippen molar-refractivity contribution in [3.05, 3.63) is 78.0 Å². The van der Waals surface area contributed by atoms with Gasteiger partial charge in [0, 0.05) is 23.9 Å². The van der Waals surface area contributed by atoms with E-state index in [0.29, 0.717) is 6.42 Å². The van der Waals surface area contributed by atoms with Gasteiger partial charge in [0.2, 0.25) is 0 Å². The van der Waals surface area contributed by atoms with E-state index in [4.69, 9.17) is 0 Å². The van der Waals surface area contributed by atoms with E-state index in [1.54, 1.807) is 13.1 Å². The van der Waals surface area contributed by atoms with E-state index < -0.39 is 0 Å². The van der Waals surface area contributed by atoms with Gasteiger partial charge in [0.15, 0.2) is 5.78 Å². The summed E-state index contributed by atoms with van der Waals surface area (Å²) in [6.45, 7) is 1.60. The van der Waals surface area contributed by atoms with Crippen LogP contribution in [0.2, 0.25) is 0 Å². The molecule has 96 valence electrons. The Morgan fingerprint density at radius 2 is 1.58 bits per heavy atom. The van der Waals surface area contributed by atoms with Crippen LogP contribution < -0.4 is 5.32 Å². The van der Waals surface area contributed by atoms with Crippen LogP contribution in [0.5, 0.6) is 0 Å². The Kier molecular flexibility index (Phi) is 4.51. The summed E-state index contributed by atoms with van der Waals surface area (Å²) in [4.78, 5) is 11.7. The number of hydrogen-bond acceptors (Lipinski definition) is 2. The van der Waals surface area contributed by atoms with Crippen molar-refractivity contribution in [1.82, 2.24) is 0 Å². The fraction of sp³-hybridized carbons (Fsp3) is 0.118. The van der Waals surface area contributed by atoms with Gasteiger partial charge in [-0.3, -0.25) is 4.79 Å². The molecule has 0 amide bonds. The van der Waals surface area contributed by atoms with Crippen molar-refractivity contribution in [3.63, 3.8) is 0 Å². The first-order valence-corrected chi connectivity index (χ1v) is 6.31. The van der Waals surface area contributed by atoms with Crippen LogP contribution in [0, 0.1) is 0 Å². The number of anilines is 1. The molecule has 0 aliphatic heterocycles. The van der Waals surface area contributed by atoms with E-state index >= 15 is 0 Å². The molecule has 0 heterocycles. The zero-order valence-corrected chi connectivity index (χ0v) is 11.0. The SMILES string of the molecule is CC(=O)/C(=C/Nc1ccccc1)Cc1ccccc1. The van der Waals surface area contributed by atoms with Crippen LogP contribution in [0.3, 0.4) is 0 Å². The lowest BCUT2D eigenvalue weighted by Crippen LogP contribution is -2.03. The lowest BCUT2D eigenvalue weighted by Gasteiger charge is -2.06. The predicted octanol–water partition coefficient (Wildman–Crippen LogP) is 3.81. The second kappa shape index (κ2) is 6.55. The largest absolute Gasteiger partial charge is 0.361 e. The van der Waals surface area contributed by atoms with E-state index in [1.165, 1.54) is 0 Å². The van der Waals surface area contributed by atoms with Gasteiger partial charge in [-0.05, 0) is 24.6 Å². The molecule has 2 nitrogen and oxygen atoms in total. The van der Waals surface area contributed by atoms with Crippen LogP contribution in [0.15, 0.2) is 72.4 Å². The van der Waals surface area contributed by atoms with Crippen molar-refractivity contribution in [2.24, 2.45) is 0 Å². The van der Waals surface area contributed by atoms with Crippen LogP contribution in [0.25, 0.3) is 0 Å². The number of benzene rings is 2. The summed E-state index contributed by atoms with van der Waals surface area (Å²) in [6.07, 6.45) is 2.45. The molecule has 0 unspecified atom stereocenters. The van der Waals surface area contributed by atoms with E-state index in [0.717, 1.165) is 16.8 Å². The summed E-state index contributed by atoms with van der Waals surface area (Å²) in [6, 6.07) is 19.8. The Bertz CT molecular complexity index is 558. The highest BCUT2D eigenvalue weighted by atomic mass is 16.1. The number of carbonyl (C=O) groups is 1. The molecule has 2 aromatic carbocycles. The third kappa shape index (κ3) is 4.11.